The van der Waals surface area contributed by atoms with E-state index in [9.17, 15) is 9.90 Å². The van der Waals surface area contributed by atoms with Crippen LogP contribution in [0, 0.1) is 0 Å². The van der Waals surface area contributed by atoms with E-state index in [1.54, 1.807) is 4.90 Å². The van der Waals surface area contributed by atoms with Crippen LogP contribution in [0.2, 0.25) is 0 Å². The van der Waals surface area contributed by atoms with Crippen molar-refractivity contribution >= 4 is 5.91 Å². The second-order valence-electron chi connectivity index (χ2n) is 8.13. The summed E-state index contributed by atoms with van der Waals surface area (Å²) >= 11 is 0. The third-order valence-corrected chi connectivity index (χ3v) is 6.21. The van der Waals surface area contributed by atoms with Crippen LogP contribution in [0.5, 0.6) is 0 Å². The van der Waals surface area contributed by atoms with Crippen molar-refractivity contribution in [3.8, 4) is 11.4 Å². The Morgan fingerprint density at radius 1 is 1.14 bits per heavy atom. The number of benzene rings is 2. The number of aromatic amines is 1. The van der Waals surface area contributed by atoms with Gasteiger partial charge in [0.15, 0.2) is 5.82 Å². The van der Waals surface area contributed by atoms with Gasteiger partial charge in [-0.15, -0.1) is 0 Å². The Bertz CT molecular complexity index is 1030. The van der Waals surface area contributed by atoms with E-state index in [4.69, 9.17) is 0 Å². The molecule has 2 fully saturated rings. The highest BCUT2D eigenvalue weighted by atomic mass is 16.3. The average molecular weight is 388 g/mol. The molecule has 1 aromatic heterocycles. The first-order chi connectivity index (χ1) is 14.1. The van der Waals surface area contributed by atoms with Gasteiger partial charge >= 0.3 is 0 Å². The lowest BCUT2D eigenvalue weighted by atomic mass is 9.85. The maximum atomic E-state index is 13.1. The fourth-order valence-corrected chi connectivity index (χ4v) is 4.19. The molecule has 1 saturated heterocycles. The summed E-state index contributed by atoms with van der Waals surface area (Å²) in [6.45, 7) is 0.827. The second-order valence-corrected chi connectivity index (χ2v) is 8.13. The van der Waals surface area contributed by atoms with Crippen LogP contribution in [0.15, 0.2) is 54.6 Å². The summed E-state index contributed by atoms with van der Waals surface area (Å²) in [6, 6.07) is 17.0. The SMILES string of the molecule is O=C(c1cccc(-c2n[nH]c(C3CCC3)n2)c1)N1CC[C@](O)(c2ccccc2)C1. The van der Waals surface area contributed by atoms with E-state index in [1.807, 2.05) is 54.6 Å². The summed E-state index contributed by atoms with van der Waals surface area (Å²) in [5, 5.41) is 18.4. The van der Waals surface area contributed by atoms with Gasteiger partial charge in [-0.25, -0.2) is 4.98 Å². The number of rotatable bonds is 4. The summed E-state index contributed by atoms with van der Waals surface area (Å²) in [5.74, 6) is 1.98. The molecule has 2 aliphatic rings. The lowest BCUT2D eigenvalue weighted by Crippen LogP contribution is -2.34. The zero-order chi connectivity index (χ0) is 19.8. The van der Waals surface area contributed by atoms with Gasteiger partial charge in [-0.2, -0.15) is 5.10 Å². The van der Waals surface area contributed by atoms with Gasteiger partial charge in [-0.1, -0.05) is 48.9 Å². The van der Waals surface area contributed by atoms with Crippen LogP contribution < -0.4 is 0 Å². The van der Waals surface area contributed by atoms with Gasteiger partial charge in [0.05, 0.1) is 6.54 Å². The molecule has 1 saturated carbocycles. The molecule has 1 atom stereocenters. The van der Waals surface area contributed by atoms with Crippen molar-refractivity contribution < 1.29 is 9.90 Å². The van der Waals surface area contributed by atoms with E-state index >= 15 is 0 Å². The highest BCUT2D eigenvalue weighted by molar-refractivity contribution is 5.95. The quantitative estimate of drug-likeness (QED) is 0.717. The van der Waals surface area contributed by atoms with E-state index in [0.717, 1.165) is 29.8 Å². The van der Waals surface area contributed by atoms with Crippen molar-refractivity contribution in [2.45, 2.75) is 37.2 Å². The molecule has 0 radical (unpaired) electrons. The van der Waals surface area contributed by atoms with Gasteiger partial charge < -0.3 is 10.0 Å². The first kappa shape index (κ1) is 18.1. The van der Waals surface area contributed by atoms with Gasteiger partial charge in [0.1, 0.15) is 11.4 Å². The van der Waals surface area contributed by atoms with Crippen LogP contribution in [0.4, 0.5) is 0 Å². The van der Waals surface area contributed by atoms with Crippen LogP contribution in [0.1, 0.15) is 53.3 Å². The molecule has 2 aromatic carbocycles. The maximum absolute atomic E-state index is 13.1. The minimum atomic E-state index is -0.990. The number of aromatic nitrogens is 3. The van der Waals surface area contributed by atoms with Crippen molar-refractivity contribution in [1.82, 2.24) is 20.1 Å². The number of aliphatic hydroxyl groups is 1. The lowest BCUT2D eigenvalue weighted by Gasteiger charge is -2.24. The number of hydrogen-bond donors (Lipinski definition) is 2. The molecular weight excluding hydrogens is 364 g/mol. The van der Waals surface area contributed by atoms with Crippen LogP contribution in [-0.4, -0.2) is 44.2 Å². The molecule has 6 nitrogen and oxygen atoms in total. The van der Waals surface area contributed by atoms with Crippen molar-refractivity contribution in [2.24, 2.45) is 0 Å². The van der Waals surface area contributed by atoms with E-state index in [2.05, 4.69) is 15.2 Å². The van der Waals surface area contributed by atoms with Crippen molar-refractivity contribution in [1.29, 1.82) is 0 Å². The van der Waals surface area contributed by atoms with Gasteiger partial charge in [0.2, 0.25) is 0 Å². The summed E-state index contributed by atoms with van der Waals surface area (Å²) in [4.78, 5) is 19.4. The monoisotopic (exact) mass is 388 g/mol. The number of H-pyrrole nitrogens is 1. The first-order valence-corrected chi connectivity index (χ1v) is 10.2. The maximum Gasteiger partial charge on any atom is 0.253 e. The molecule has 6 heteroatoms. The number of β-amino-alcohol motifs (C(OH)–C–C–N with tert-alkyl or cyclic N) is 1. The minimum Gasteiger partial charge on any atom is -0.383 e. The molecule has 0 unspecified atom stereocenters. The third kappa shape index (κ3) is 3.34. The van der Waals surface area contributed by atoms with Crippen LogP contribution >= 0.6 is 0 Å². The Morgan fingerprint density at radius 3 is 2.72 bits per heavy atom. The number of hydrogen-bond acceptors (Lipinski definition) is 4. The summed E-state index contributed by atoms with van der Waals surface area (Å²) in [6.07, 6.45) is 4.10. The molecule has 2 heterocycles. The molecule has 29 heavy (non-hydrogen) atoms. The number of carbonyl (C=O) groups is 1. The van der Waals surface area contributed by atoms with Gasteiger partial charge in [-0.05, 0) is 37.0 Å². The van der Waals surface area contributed by atoms with Crippen molar-refractivity contribution in [3.63, 3.8) is 0 Å². The Morgan fingerprint density at radius 2 is 1.97 bits per heavy atom. The van der Waals surface area contributed by atoms with E-state index in [1.165, 1.54) is 6.42 Å². The summed E-state index contributed by atoms with van der Waals surface area (Å²) < 4.78 is 0. The second kappa shape index (κ2) is 7.12. The van der Waals surface area contributed by atoms with Crippen LogP contribution in [-0.2, 0) is 5.60 Å². The number of carbonyl (C=O) groups excluding carboxylic acids is 1. The number of likely N-dealkylation sites (tertiary alicyclic amines) is 1. The normalized spacial score (nSPS) is 21.9. The molecule has 148 valence electrons. The zero-order valence-corrected chi connectivity index (χ0v) is 16.2. The molecule has 1 aliphatic carbocycles. The van der Waals surface area contributed by atoms with Gasteiger partial charge in [-0.3, -0.25) is 9.89 Å². The Hall–Kier alpha value is -2.99. The lowest BCUT2D eigenvalue weighted by molar-refractivity contribution is 0.0417. The topological polar surface area (TPSA) is 82.1 Å². The smallest absolute Gasteiger partial charge is 0.253 e. The molecule has 1 aliphatic heterocycles. The molecule has 2 N–H and O–H groups in total. The number of amides is 1. The summed E-state index contributed by atoms with van der Waals surface area (Å²) in [5.41, 5.74) is 1.29. The van der Waals surface area contributed by atoms with E-state index in [-0.39, 0.29) is 5.91 Å². The predicted octanol–water partition coefficient (Wildman–Crippen LogP) is 3.47. The Kier molecular flexibility index (Phi) is 4.43. The number of nitrogens with zero attached hydrogens (tertiary/aromatic N) is 3. The largest absolute Gasteiger partial charge is 0.383 e. The highest BCUT2D eigenvalue weighted by Crippen LogP contribution is 2.35. The average Bonchev–Trinajstić information content (AvgIpc) is 3.35. The van der Waals surface area contributed by atoms with Crippen molar-refractivity contribution in [3.05, 3.63) is 71.5 Å². The van der Waals surface area contributed by atoms with Crippen molar-refractivity contribution in [2.75, 3.05) is 13.1 Å². The third-order valence-electron chi connectivity index (χ3n) is 6.21. The molecule has 0 bridgehead atoms. The Labute approximate surface area is 169 Å². The molecule has 1 amide bonds. The van der Waals surface area contributed by atoms with Crippen LogP contribution in [0.3, 0.4) is 0 Å². The number of nitrogens with one attached hydrogen (secondary N) is 1. The minimum absolute atomic E-state index is 0.0755. The van der Waals surface area contributed by atoms with Crippen LogP contribution in [0.25, 0.3) is 11.4 Å². The fourth-order valence-electron chi connectivity index (χ4n) is 4.19. The van der Waals surface area contributed by atoms with Gasteiger partial charge in [0.25, 0.3) is 5.91 Å². The fraction of sp³-hybridized carbons (Fsp3) is 0.348. The molecular formula is C23H24N4O2. The van der Waals surface area contributed by atoms with Gasteiger partial charge in [0, 0.05) is 23.6 Å². The van der Waals surface area contributed by atoms with E-state index in [0.29, 0.717) is 36.8 Å². The standard InChI is InChI=1S/C23H24N4O2/c28-22(27-13-12-23(29,15-27)19-10-2-1-3-11-19)18-9-5-8-17(14-18)21-24-20(25-26-21)16-6-4-7-16/h1-3,5,8-11,14,16,29H,4,6-7,12-13,15H2,(H,24,25,26)/t23-/m1/s1. The Balaban J connectivity index is 1.34. The molecule has 3 aromatic rings. The first-order valence-electron chi connectivity index (χ1n) is 10.2. The molecule has 0 spiro atoms. The predicted molar refractivity (Wildman–Crippen MR) is 109 cm³/mol. The highest BCUT2D eigenvalue weighted by Gasteiger charge is 2.39. The molecule has 5 rings (SSSR count). The zero-order valence-electron chi connectivity index (χ0n) is 16.2. The van der Waals surface area contributed by atoms with E-state index < -0.39 is 5.60 Å². The summed E-state index contributed by atoms with van der Waals surface area (Å²) in [7, 11) is 0.